The van der Waals surface area contributed by atoms with Crippen LogP contribution in [0.2, 0.25) is 0 Å². The Kier molecular flexibility index (Phi) is 5.05. The summed E-state index contributed by atoms with van der Waals surface area (Å²) in [5.41, 5.74) is 0. The van der Waals surface area contributed by atoms with Crippen LogP contribution in [0.5, 0.6) is 0 Å². The number of carbonyl (C=O) groups excluding carboxylic acids is 1. The summed E-state index contributed by atoms with van der Waals surface area (Å²) >= 11 is 0. The van der Waals surface area contributed by atoms with E-state index in [1.54, 1.807) is 0 Å². The average molecular weight is 214 g/mol. The fourth-order valence-electron chi connectivity index (χ4n) is 1.96. The lowest BCUT2D eigenvalue weighted by Crippen LogP contribution is -2.48. The molecule has 0 aliphatic carbocycles. The van der Waals surface area contributed by atoms with E-state index >= 15 is 0 Å². The van der Waals surface area contributed by atoms with Crippen LogP contribution < -0.4 is 5.32 Å². The number of morpholine rings is 1. The molecule has 1 aliphatic rings. The normalized spacial score (nSPS) is 26.7. The summed E-state index contributed by atoms with van der Waals surface area (Å²) < 4.78 is 5.59. The first kappa shape index (κ1) is 12.5. The van der Waals surface area contributed by atoms with E-state index in [2.05, 4.69) is 5.32 Å². The Morgan fingerprint density at radius 2 is 2.00 bits per heavy atom. The van der Waals surface area contributed by atoms with E-state index in [0.717, 1.165) is 26.1 Å². The van der Waals surface area contributed by atoms with Crippen LogP contribution in [0.4, 0.5) is 0 Å². The molecule has 1 fully saturated rings. The number of nitrogens with zero attached hydrogens (tertiary/aromatic N) is 1. The zero-order chi connectivity index (χ0) is 11.3. The van der Waals surface area contributed by atoms with Gasteiger partial charge in [-0.2, -0.15) is 0 Å². The highest BCUT2D eigenvalue weighted by atomic mass is 16.5. The molecule has 1 amide bonds. The first-order valence-electron chi connectivity index (χ1n) is 5.71. The predicted octanol–water partition coefficient (Wildman–Crippen LogP) is 0.622. The van der Waals surface area contributed by atoms with E-state index < -0.39 is 0 Å². The molecule has 15 heavy (non-hydrogen) atoms. The molecule has 1 N–H and O–H groups in total. The number of amides is 1. The third kappa shape index (κ3) is 4.18. The molecule has 0 aromatic carbocycles. The van der Waals surface area contributed by atoms with Gasteiger partial charge in [0, 0.05) is 19.5 Å². The molecule has 2 atom stereocenters. The van der Waals surface area contributed by atoms with Gasteiger partial charge in [-0.05, 0) is 33.9 Å². The second-order valence-corrected chi connectivity index (χ2v) is 4.26. The van der Waals surface area contributed by atoms with Gasteiger partial charge >= 0.3 is 0 Å². The van der Waals surface area contributed by atoms with Crippen molar-refractivity contribution in [1.29, 1.82) is 0 Å². The Labute approximate surface area is 92.0 Å². The molecule has 1 heterocycles. The minimum atomic E-state index is 0.169. The van der Waals surface area contributed by atoms with Crippen LogP contribution in [0.25, 0.3) is 0 Å². The molecule has 0 bridgehead atoms. The Hall–Kier alpha value is -0.610. The molecule has 2 unspecified atom stereocenters. The van der Waals surface area contributed by atoms with Gasteiger partial charge in [0.05, 0.1) is 12.2 Å². The molecule has 0 radical (unpaired) electrons. The molecule has 4 nitrogen and oxygen atoms in total. The van der Waals surface area contributed by atoms with Crippen molar-refractivity contribution in [3.63, 3.8) is 0 Å². The Bertz CT molecular complexity index is 199. The van der Waals surface area contributed by atoms with Crippen molar-refractivity contribution in [2.75, 3.05) is 26.7 Å². The highest BCUT2D eigenvalue weighted by Crippen LogP contribution is 2.12. The summed E-state index contributed by atoms with van der Waals surface area (Å²) in [6, 6.07) is 0. The molecule has 0 saturated carbocycles. The zero-order valence-corrected chi connectivity index (χ0v) is 9.95. The van der Waals surface area contributed by atoms with E-state index in [0.29, 0.717) is 6.42 Å². The summed E-state index contributed by atoms with van der Waals surface area (Å²) in [7, 11) is 1.91. The average Bonchev–Trinajstić information content (AvgIpc) is 2.16. The standard InChI is InChI=1S/C11H22N2O2/c1-9-7-13(8-10(2)15-9)11(14)5-4-6-12-3/h9-10,12H,4-8H2,1-3H3. The van der Waals surface area contributed by atoms with Crippen molar-refractivity contribution in [2.24, 2.45) is 0 Å². The number of hydrogen-bond acceptors (Lipinski definition) is 3. The molecule has 1 rings (SSSR count). The highest BCUT2D eigenvalue weighted by Gasteiger charge is 2.25. The number of rotatable bonds is 4. The lowest BCUT2D eigenvalue weighted by atomic mass is 10.2. The fraction of sp³-hybridized carbons (Fsp3) is 0.909. The van der Waals surface area contributed by atoms with Crippen LogP contribution in [-0.4, -0.2) is 49.7 Å². The topological polar surface area (TPSA) is 41.6 Å². The van der Waals surface area contributed by atoms with Crippen LogP contribution >= 0.6 is 0 Å². The van der Waals surface area contributed by atoms with Crippen LogP contribution in [0.15, 0.2) is 0 Å². The van der Waals surface area contributed by atoms with Gasteiger partial charge in [-0.1, -0.05) is 0 Å². The Morgan fingerprint density at radius 3 is 2.53 bits per heavy atom. The van der Waals surface area contributed by atoms with E-state index in [4.69, 9.17) is 4.74 Å². The molecule has 0 spiro atoms. The van der Waals surface area contributed by atoms with Crippen molar-refractivity contribution >= 4 is 5.91 Å². The maximum atomic E-state index is 11.8. The molecule has 88 valence electrons. The molecule has 0 aromatic rings. The van der Waals surface area contributed by atoms with Gasteiger partial charge in [-0.15, -0.1) is 0 Å². The van der Waals surface area contributed by atoms with Crippen molar-refractivity contribution in [1.82, 2.24) is 10.2 Å². The van der Waals surface area contributed by atoms with Crippen LogP contribution in [0.1, 0.15) is 26.7 Å². The van der Waals surface area contributed by atoms with Gasteiger partial charge in [-0.3, -0.25) is 4.79 Å². The largest absolute Gasteiger partial charge is 0.372 e. The molecular formula is C11H22N2O2. The maximum Gasteiger partial charge on any atom is 0.222 e. The summed E-state index contributed by atoms with van der Waals surface area (Å²) in [6.07, 6.45) is 1.89. The SMILES string of the molecule is CNCCCC(=O)N1CC(C)OC(C)C1. The summed E-state index contributed by atoms with van der Waals surface area (Å²) in [5.74, 6) is 0.257. The summed E-state index contributed by atoms with van der Waals surface area (Å²) in [5, 5.41) is 3.05. The van der Waals surface area contributed by atoms with Crippen molar-refractivity contribution < 1.29 is 9.53 Å². The smallest absolute Gasteiger partial charge is 0.222 e. The number of hydrogen-bond donors (Lipinski definition) is 1. The number of carbonyl (C=O) groups is 1. The predicted molar refractivity (Wildman–Crippen MR) is 59.7 cm³/mol. The first-order chi connectivity index (χ1) is 7.13. The fourth-order valence-corrected chi connectivity index (χ4v) is 1.96. The van der Waals surface area contributed by atoms with Gasteiger partial charge in [0.1, 0.15) is 0 Å². The molecule has 0 aromatic heterocycles. The van der Waals surface area contributed by atoms with Crippen molar-refractivity contribution in [3.05, 3.63) is 0 Å². The molecule has 1 saturated heterocycles. The zero-order valence-electron chi connectivity index (χ0n) is 9.95. The van der Waals surface area contributed by atoms with E-state index in [9.17, 15) is 4.79 Å². The van der Waals surface area contributed by atoms with Gasteiger partial charge in [0.2, 0.25) is 5.91 Å². The van der Waals surface area contributed by atoms with E-state index in [1.165, 1.54) is 0 Å². The third-order valence-electron chi connectivity index (χ3n) is 2.59. The van der Waals surface area contributed by atoms with Crippen LogP contribution in [-0.2, 0) is 9.53 Å². The summed E-state index contributed by atoms with van der Waals surface area (Å²) in [4.78, 5) is 13.7. The van der Waals surface area contributed by atoms with Crippen LogP contribution in [0.3, 0.4) is 0 Å². The molecular weight excluding hydrogens is 192 g/mol. The Morgan fingerprint density at radius 1 is 1.40 bits per heavy atom. The lowest BCUT2D eigenvalue weighted by molar-refractivity contribution is -0.143. The monoisotopic (exact) mass is 214 g/mol. The quantitative estimate of drug-likeness (QED) is 0.698. The number of ether oxygens (including phenoxy) is 1. The van der Waals surface area contributed by atoms with E-state index in [-0.39, 0.29) is 18.1 Å². The highest BCUT2D eigenvalue weighted by molar-refractivity contribution is 5.76. The van der Waals surface area contributed by atoms with Crippen LogP contribution in [0, 0.1) is 0 Å². The lowest BCUT2D eigenvalue weighted by Gasteiger charge is -2.35. The minimum absolute atomic E-state index is 0.169. The minimum Gasteiger partial charge on any atom is -0.372 e. The van der Waals surface area contributed by atoms with E-state index in [1.807, 2.05) is 25.8 Å². The summed E-state index contributed by atoms with van der Waals surface area (Å²) in [6.45, 7) is 6.42. The second-order valence-electron chi connectivity index (χ2n) is 4.26. The maximum absolute atomic E-state index is 11.8. The van der Waals surface area contributed by atoms with Gasteiger partial charge in [0.15, 0.2) is 0 Å². The number of nitrogens with one attached hydrogen (secondary N) is 1. The molecule has 1 aliphatic heterocycles. The van der Waals surface area contributed by atoms with Crippen molar-refractivity contribution in [3.8, 4) is 0 Å². The van der Waals surface area contributed by atoms with Crippen molar-refractivity contribution in [2.45, 2.75) is 38.9 Å². The van der Waals surface area contributed by atoms with Gasteiger partial charge in [0.25, 0.3) is 0 Å². The molecule has 4 heteroatoms. The van der Waals surface area contributed by atoms with Gasteiger partial charge in [-0.25, -0.2) is 0 Å². The van der Waals surface area contributed by atoms with Gasteiger partial charge < -0.3 is 15.0 Å². The second kappa shape index (κ2) is 6.08. The first-order valence-corrected chi connectivity index (χ1v) is 5.71. The third-order valence-corrected chi connectivity index (χ3v) is 2.59. The Balaban J connectivity index is 2.31.